The highest BCUT2D eigenvalue weighted by Crippen LogP contribution is 2.35. The number of nitrogens with zero attached hydrogens (tertiary/aromatic N) is 3. The summed E-state index contributed by atoms with van der Waals surface area (Å²) in [6.07, 6.45) is 9.66. The van der Waals surface area contributed by atoms with E-state index in [2.05, 4.69) is 22.6 Å². The zero-order valence-electron chi connectivity index (χ0n) is 19.9. The van der Waals surface area contributed by atoms with Gasteiger partial charge in [0.1, 0.15) is 5.76 Å². The Balaban J connectivity index is 2.78. The first-order valence-corrected chi connectivity index (χ1v) is 10.9. The van der Waals surface area contributed by atoms with Crippen LogP contribution in [0.1, 0.15) is 33.1 Å². The van der Waals surface area contributed by atoms with Crippen molar-refractivity contribution in [3.05, 3.63) is 70.2 Å². The first-order chi connectivity index (χ1) is 16.3. The molecule has 1 atom stereocenters. The van der Waals surface area contributed by atoms with Crippen LogP contribution < -0.4 is 0 Å². The smallest absolute Gasteiger partial charge is 0.337 e. The van der Waals surface area contributed by atoms with Crippen molar-refractivity contribution in [2.24, 2.45) is 15.9 Å². The van der Waals surface area contributed by atoms with Crippen molar-refractivity contribution in [3.8, 4) is 6.07 Å². The second-order valence-corrected chi connectivity index (χ2v) is 7.55. The molecule has 1 aliphatic carbocycles. The molecular weight excluding hydrogens is 434 g/mol. The lowest BCUT2D eigenvalue weighted by Crippen LogP contribution is -2.20. The number of rotatable bonds is 8. The summed E-state index contributed by atoms with van der Waals surface area (Å²) in [6.45, 7) is 7.44. The van der Waals surface area contributed by atoms with Crippen molar-refractivity contribution >= 4 is 23.9 Å². The Labute approximate surface area is 199 Å². The van der Waals surface area contributed by atoms with Gasteiger partial charge in [0.15, 0.2) is 6.29 Å². The summed E-state index contributed by atoms with van der Waals surface area (Å²) < 4.78 is 11.3. The summed E-state index contributed by atoms with van der Waals surface area (Å²) in [5.74, 6) is -1.04. The van der Waals surface area contributed by atoms with Gasteiger partial charge >= 0.3 is 5.97 Å². The van der Waals surface area contributed by atoms with Gasteiger partial charge in [-0.25, -0.2) is 4.79 Å². The summed E-state index contributed by atoms with van der Waals surface area (Å²) in [5, 5.41) is 19.1. The standard InChI is InChI=1S/C26H29N3O5/c1-6-34-25(28-4)23-20(12-19-10-8-7-9-18(14-27)11-22(19)33-5)13-21(15-30)17(3)29-24(23)16(2)26(31)32/h9-11,13,15,20H,2,6-8,12H2,1,3-5H3,(H,31,32)/b18-9+,19-10?,22-11?,28-25?. The molecule has 0 radical (unpaired) electrons. The Hall–Kier alpha value is -3.99. The van der Waals surface area contributed by atoms with Gasteiger partial charge in [-0.3, -0.25) is 14.8 Å². The zero-order chi connectivity index (χ0) is 25.3. The third-order valence-electron chi connectivity index (χ3n) is 5.40. The average Bonchev–Trinajstić information content (AvgIpc) is 2.95. The highest BCUT2D eigenvalue weighted by atomic mass is 16.5. The number of hydrogen-bond acceptors (Lipinski definition) is 7. The molecule has 0 spiro atoms. The number of aliphatic imine (C=N–C) groups is 2. The minimum Gasteiger partial charge on any atom is -0.496 e. The number of allylic oxidation sites excluding steroid dienone is 7. The molecule has 0 fully saturated rings. The van der Waals surface area contributed by atoms with Crippen molar-refractivity contribution in [3.63, 3.8) is 0 Å². The Morgan fingerprint density at radius 2 is 2.12 bits per heavy atom. The number of aliphatic carboxylic acids is 1. The van der Waals surface area contributed by atoms with Gasteiger partial charge in [-0.15, -0.1) is 0 Å². The van der Waals surface area contributed by atoms with E-state index in [0.717, 1.165) is 5.57 Å². The van der Waals surface area contributed by atoms with Crippen LogP contribution in [0.5, 0.6) is 0 Å². The maximum absolute atomic E-state index is 11.9. The van der Waals surface area contributed by atoms with Gasteiger partial charge in [-0.2, -0.15) is 5.26 Å². The third kappa shape index (κ3) is 6.07. The predicted octanol–water partition coefficient (Wildman–Crippen LogP) is 4.25. The third-order valence-corrected chi connectivity index (χ3v) is 5.40. The van der Waals surface area contributed by atoms with Crippen LogP contribution in [0.2, 0.25) is 0 Å². The number of hydrogen-bond donors (Lipinski definition) is 1. The molecular formula is C26H29N3O5. The molecule has 178 valence electrons. The number of carbonyl (C=O) groups excluding carboxylic acids is 1. The normalized spacial score (nSPS) is 20.6. The minimum absolute atomic E-state index is 0.101. The van der Waals surface area contributed by atoms with Crippen LogP contribution in [0.25, 0.3) is 0 Å². The molecule has 34 heavy (non-hydrogen) atoms. The Morgan fingerprint density at radius 1 is 1.41 bits per heavy atom. The molecule has 0 bridgehead atoms. The Kier molecular flexibility index (Phi) is 9.50. The molecule has 8 heteroatoms. The second kappa shape index (κ2) is 12.3. The molecule has 1 N–H and O–H groups in total. The maximum atomic E-state index is 11.9. The van der Waals surface area contributed by atoms with E-state index in [-0.39, 0.29) is 17.2 Å². The molecule has 0 saturated heterocycles. The van der Waals surface area contributed by atoms with E-state index in [1.54, 1.807) is 33.0 Å². The van der Waals surface area contributed by atoms with Crippen LogP contribution in [0, 0.1) is 17.2 Å². The molecule has 0 aromatic carbocycles. The molecule has 1 aliphatic heterocycles. The topological polar surface area (TPSA) is 121 Å². The highest BCUT2D eigenvalue weighted by Gasteiger charge is 2.31. The van der Waals surface area contributed by atoms with Crippen molar-refractivity contribution in [2.45, 2.75) is 33.1 Å². The van der Waals surface area contributed by atoms with Gasteiger partial charge in [-0.1, -0.05) is 24.8 Å². The van der Waals surface area contributed by atoms with E-state index in [1.165, 1.54) is 7.11 Å². The van der Waals surface area contributed by atoms with Crippen molar-refractivity contribution in [1.82, 2.24) is 0 Å². The number of carbonyl (C=O) groups is 2. The van der Waals surface area contributed by atoms with Crippen molar-refractivity contribution in [1.29, 1.82) is 5.26 Å². The van der Waals surface area contributed by atoms with E-state index in [0.29, 0.717) is 60.3 Å². The van der Waals surface area contributed by atoms with E-state index >= 15 is 0 Å². The molecule has 2 rings (SSSR count). The zero-order valence-corrected chi connectivity index (χ0v) is 19.9. The number of carboxylic acid groups (broad SMARTS) is 1. The fourth-order valence-electron chi connectivity index (χ4n) is 3.74. The number of aldehydes is 1. The van der Waals surface area contributed by atoms with E-state index in [4.69, 9.17) is 9.47 Å². The van der Waals surface area contributed by atoms with Gasteiger partial charge in [0.05, 0.1) is 36.6 Å². The van der Waals surface area contributed by atoms with Gasteiger partial charge in [0.2, 0.25) is 5.90 Å². The molecule has 8 nitrogen and oxygen atoms in total. The van der Waals surface area contributed by atoms with Crippen LogP contribution in [0.4, 0.5) is 0 Å². The first kappa shape index (κ1) is 26.3. The summed E-state index contributed by atoms with van der Waals surface area (Å²) in [5.41, 5.74) is 2.28. The SMILES string of the molecule is C=C(C(=O)O)C1=C(C(=NC)OCC)C(CC2=CCC/C=C(/C#N)C=C2OC)C=C(C=O)C(C)=N1. The Morgan fingerprint density at radius 3 is 2.68 bits per heavy atom. The molecule has 1 unspecified atom stereocenters. The number of nitriles is 1. The molecule has 0 aromatic rings. The Bertz CT molecular complexity index is 1120. The predicted molar refractivity (Wildman–Crippen MR) is 130 cm³/mol. The van der Waals surface area contributed by atoms with Crippen molar-refractivity contribution in [2.75, 3.05) is 20.8 Å². The lowest BCUT2D eigenvalue weighted by molar-refractivity contribution is -0.132. The van der Waals surface area contributed by atoms with Gasteiger partial charge in [0, 0.05) is 29.8 Å². The summed E-state index contributed by atoms with van der Waals surface area (Å²) in [7, 11) is 3.07. The van der Waals surface area contributed by atoms with Gasteiger partial charge in [-0.05, 0) is 44.8 Å². The molecule has 1 heterocycles. The summed E-state index contributed by atoms with van der Waals surface area (Å²) in [4.78, 5) is 32.5. The van der Waals surface area contributed by atoms with Crippen LogP contribution in [0.3, 0.4) is 0 Å². The quantitative estimate of drug-likeness (QED) is 0.249. The largest absolute Gasteiger partial charge is 0.496 e. The maximum Gasteiger partial charge on any atom is 0.337 e. The van der Waals surface area contributed by atoms with Crippen LogP contribution >= 0.6 is 0 Å². The lowest BCUT2D eigenvalue weighted by atomic mass is 9.85. The van der Waals surface area contributed by atoms with Crippen molar-refractivity contribution < 1.29 is 24.2 Å². The molecule has 0 amide bonds. The molecule has 0 saturated carbocycles. The molecule has 2 aliphatic rings. The summed E-state index contributed by atoms with van der Waals surface area (Å²) >= 11 is 0. The average molecular weight is 464 g/mol. The fourth-order valence-corrected chi connectivity index (χ4v) is 3.74. The lowest BCUT2D eigenvalue weighted by Gasteiger charge is -2.23. The van der Waals surface area contributed by atoms with E-state index < -0.39 is 11.9 Å². The number of methoxy groups -OCH3 is 1. The second-order valence-electron chi connectivity index (χ2n) is 7.55. The highest BCUT2D eigenvalue weighted by molar-refractivity contribution is 6.15. The van der Waals surface area contributed by atoms with Crippen LogP contribution in [-0.2, 0) is 19.1 Å². The van der Waals surface area contributed by atoms with E-state index in [1.807, 2.05) is 12.2 Å². The minimum atomic E-state index is -1.24. The molecule has 0 aromatic heterocycles. The van der Waals surface area contributed by atoms with Gasteiger partial charge in [0.25, 0.3) is 0 Å². The fraction of sp³-hybridized carbons (Fsp3) is 0.346. The monoisotopic (exact) mass is 463 g/mol. The number of ether oxygens (including phenoxy) is 2. The van der Waals surface area contributed by atoms with Crippen LogP contribution in [-0.4, -0.2) is 49.7 Å². The summed E-state index contributed by atoms with van der Waals surface area (Å²) in [6, 6.07) is 2.16. The van der Waals surface area contributed by atoms with Gasteiger partial charge < -0.3 is 14.6 Å². The van der Waals surface area contributed by atoms with Crippen LogP contribution in [0.15, 0.2) is 80.2 Å². The number of carboxylic acids is 1. The van der Waals surface area contributed by atoms with E-state index in [9.17, 15) is 20.0 Å². The first-order valence-electron chi connectivity index (χ1n) is 10.9.